The van der Waals surface area contributed by atoms with Crippen LogP contribution in [0.5, 0.6) is 0 Å². The SMILES string of the molecule is C=C1C(=O)OC2C1C(OC(=O)C(C)CC)CC1(O)COC3(O)C1C2C1(C)OC13. The summed E-state index contributed by atoms with van der Waals surface area (Å²) in [6.45, 7) is 9.27. The first kappa shape index (κ1) is 18.5. The molecule has 0 amide bonds. The second-order valence-corrected chi connectivity index (χ2v) is 9.24. The van der Waals surface area contributed by atoms with E-state index < -0.39 is 65.0 Å². The van der Waals surface area contributed by atoms with Crippen molar-refractivity contribution in [2.24, 2.45) is 23.7 Å². The van der Waals surface area contributed by atoms with Gasteiger partial charge in [0.25, 0.3) is 0 Å². The number of hydrogen-bond donors (Lipinski definition) is 2. The molecular formula is C20H26O8. The third-order valence-electron chi connectivity index (χ3n) is 7.66. The van der Waals surface area contributed by atoms with Crippen molar-refractivity contribution in [1.82, 2.24) is 0 Å². The maximum atomic E-state index is 12.5. The van der Waals surface area contributed by atoms with Crippen LogP contribution in [0.25, 0.3) is 0 Å². The molecule has 0 spiro atoms. The Bertz CT molecular complexity index is 780. The predicted molar refractivity (Wildman–Crippen MR) is 92.6 cm³/mol. The normalized spacial score (nSPS) is 54.3. The lowest BCUT2D eigenvalue weighted by Crippen LogP contribution is -2.50. The van der Waals surface area contributed by atoms with Crippen molar-refractivity contribution in [3.63, 3.8) is 0 Å². The first-order valence-corrected chi connectivity index (χ1v) is 9.93. The van der Waals surface area contributed by atoms with Crippen LogP contribution in [0, 0.1) is 23.7 Å². The maximum Gasteiger partial charge on any atom is 0.334 e. The molecule has 2 aliphatic carbocycles. The highest BCUT2D eigenvalue weighted by atomic mass is 16.7. The molecule has 28 heavy (non-hydrogen) atoms. The predicted octanol–water partition coefficient (Wildman–Crippen LogP) is 0.299. The molecule has 2 N–H and O–H groups in total. The smallest absolute Gasteiger partial charge is 0.334 e. The van der Waals surface area contributed by atoms with E-state index >= 15 is 0 Å². The highest BCUT2D eigenvalue weighted by Gasteiger charge is 2.87. The zero-order chi connectivity index (χ0) is 20.2. The number of aliphatic hydroxyl groups is 2. The summed E-state index contributed by atoms with van der Waals surface area (Å²) in [6, 6.07) is 0. The first-order valence-electron chi connectivity index (χ1n) is 9.93. The van der Waals surface area contributed by atoms with Gasteiger partial charge >= 0.3 is 11.9 Å². The molecule has 0 aromatic carbocycles. The Labute approximate surface area is 162 Å². The Kier molecular flexibility index (Phi) is 3.55. The van der Waals surface area contributed by atoms with Crippen LogP contribution >= 0.6 is 0 Å². The lowest BCUT2D eigenvalue weighted by atomic mass is 9.74. The lowest BCUT2D eigenvalue weighted by molar-refractivity contribution is -0.220. The van der Waals surface area contributed by atoms with Gasteiger partial charge in [-0.1, -0.05) is 20.4 Å². The first-order chi connectivity index (χ1) is 13.1. The molecule has 0 aromatic rings. The van der Waals surface area contributed by atoms with Gasteiger partial charge in [0.05, 0.1) is 24.4 Å². The van der Waals surface area contributed by atoms with Crippen molar-refractivity contribution in [2.45, 2.75) is 68.9 Å². The van der Waals surface area contributed by atoms with E-state index in [9.17, 15) is 19.8 Å². The number of epoxide rings is 1. The number of carbonyl (C=O) groups excluding carboxylic acids is 2. The van der Waals surface area contributed by atoms with Crippen molar-refractivity contribution in [3.05, 3.63) is 12.2 Å². The summed E-state index contributed by atoms with van der Waals surface area (Å²) in [5.41, 5.74) is -1.97. The van der Waals surface area contributed by atoms with Crippen molar-refractivity contribution >= 4 is 11.9 Å². The molecule has 5 aliphatic rings. The van der Waals surface area contributed by atoms with E-state index in [-0.39, 0.29) is 24.5 Å². The van der Waals surface area contributed by atoms with Crippen molar-refractivity contribution in [2.75, 3.05) is 6.61 Å². The maximum absolute atomic E-state index is 12.5. The Balaban J connectivity index is 1.58. The molecule has 3 saturated heterocycles. The largest absolute Gasteiger partial charge is 0.461 e. The summed E-state index contributed by atoms with van der Waals surface area (Å²) in [5, 5.41) is 22.6. The van der Waals surface area contributed by atoms with Crippen LogP contribution in [0.3, 0.4) is 0 Å². The van der Waals surface area contributed by atoms with Crippen LogP contribution in [0.2, 0.25) is 0 Å². The van der Waals surface area contributed by atoms with Gasteiger partial charge in [-0.3, -0.25) is 4.79 Å². The van der Waals surface area contributed by atoms with Gasteiger partial charge in [0.15, 0.2) is 0 Å². The summed E-state index contributed by atoms with van der Waals surface area (Å²) in [5.74, 6) is -4.69. The van der Waals surface area contributed by atoms with E-state index in [1.54, 1.807) is 6.92 Å². The van der Waals surface area contributed by atoms with Crippen LogP contribution in [0.1, 0.15) is 33.6 Å². The standard InChI is InChI=1S/C20H26O8/c1-5-8(2)15(21)26-10-6-19(23)7-25-20(24)14(19)12(18(4)17(20)28-18)13-11(10)9(3)16(22)27-13/h8,10-14,17,23-24H,3,5-7H2,1-2,4H3. The summed E-state index contributed by atoms with van der Waals surface area (Å²) >= 11 is 0. The third-order valence-corrected chi connectivity index (χ3v) is 7.66. The number of hydrogen-bond acceptors (Lipinski definition) is 8. The highest BCUT2D eigenvalue weighted by Crippen LogP contribution is 2.70. The quantitative estimate of drug-likeness (QED) is 0.399. The van der Waals surface area contributed by atoms with Gasteiger partial charge in [0, 0.05) is 17.9 Å². The van der Waals surface area contributed by atoms with Crippen LogP contribution in [0.4, 0.5) is 0 Å². The van der Waals surface area contributed by atoms with E-state index in [0.717, 1.165) is 0 Å². The zero-order valence-corrected chi connectivity index (χ0v) is 16.2. The molecule has 0 aromatic heterocycles. The summed E-state index contributed by atoms with van der Waals surface area (Å²) in [7, 11) is 0. The molecule has 2 saturated carbocycles. The van der Waals surface area contributed by atoms with Gasteiger partial charge in [0.2, 0.25) is 5.79 Å². The number of ether oxygens (including phenoxy) is 4. The van der Waals surface area contributed by atoms with E-state index in [1.165, 1.54) is 0 Å². The molecule has 10 unspecified atom stereocenters. The fraction of sp³-hybridized carbons (Fsp3) is 0.800. The third kappa shape index (κ3) is 2.04. The van der Waals surface area contributed by atoms with Gasteiger partial charge in [-0.2, -0.15) is 0 Å². The van der Waals surface area contributed by atoms with Crippen LogP contribution in [-0.4, -0.2) is 64.1 Å². The molecule has 5 fully saturated rings. The van der Waals surface area contributed by atoms with Crippen LogP contribution in [0.15, 0.2) is 12.2 Å². The Morgan fingerprint density at radius 3 is 2.82 bits per heavy atom. The van der Waals surface area contributed by atoms with Gasteiger partial charge in [-0.25, -0.2) is 4.79 Å². The minimum absolute atomic E-state index is 0.0400. The fourth-order valence-corrected chi connectivity index (χ4v) is 6.00. The Morgan fingerprint density at radius 1 is 1.43 bits per heavy atom. The van der Waals surface area contributed by atoms with Gasteiger partial charge < -0.3 is 29.2 Å². The van der Waals surface area contributed by atoms with E-state index in [2.05, 4.69) is 6.58 Å². The number of fused-ring (bicyclic) bond motifs is 5. The van der Waals surface area contributed by atoms with Crippen molar-refractivity contribution in [1.29, 1.82) is 0 Å². The summed E-state index contributed by atoms with van der Waals surface area (Å²) in [4.78, 5) is 24.9. The van der Waals surface area contributed by atoms with Gasteiger partial charge in [-0.05, 0) is 13.3 Å². The molecule has 8 heteroatoms. The monoisotopic (exact) mass is 394 g/mol. The second-order valence-electron chi connectivity index (χ2n) is 9.24. The molecule has 3 heterocycles. The fourth-order valence-electron chi connectivity index (χ4n) is 6.00. The minimum atomic E-state index is -1.65. The molecule has 8 nitrogen and oxygen atoms in total. The molecule has 0 radical (unpaired) electrons. The van der Waals surface area contributed by atoms with E-state index in [4.69, 9.17) is 18.9 Å². The number of esters is 2. The molecular weight excluding hydrogens is 368 g/mol. The number of rotatable bonds is 3. The lowest BCUT2D eigenvalue weighted by Gasteiger charge is -2.36. The highest BCUT2D eigenvalue weighted by molar-refractivity contribution is 5.91. The number of carbonyl (C=O) groups is 2. The Hall–Kier alpha value is -1.48. The molecule has 0 bridgehead atoms. The second kappa shape index (κ2) is 5.36. The molecule has 10 atom stereocenters. The van der Waals surface area contributed by atoms with Gasteiger partial charge in [0.1, 0.15) is 29.5 Å². The average molecular weight is 394 g/mol. The molecule has 3 aliphatic heterocycles. The van der Waals surface area contributed by atoms with E-state index in [1.807, 2.05) is 13.8 Å². The van der Waals surface area contributed by atoms with Crippen LogP contribution < -0.4 is 0 Å². The topological polar surface area (TPSA) is 115 Å². The zero-order valence-electron chi connectivity index (χ0n) is 16.2. The van der Waals surface area contributed by atoms with Crippen LogP contribution in [-0.2, 0) is 28.5 Å². The summed E-state index contributed by atoms with van der Waals surface area (Å²) < 4.78 is 22.9. The molecule has 5 rings (SSSR count). The van der Waals surface area contributed by atoms with E-state index in [0.29, 0.717) is 6.42 Å². The summed E-state index contributed by atoms with van der Waals surface area (Å²) in [6.07, 6.45) is -1.44. The minimum Gasteiger partial charge on any atom is -0.461 e. The molecule has 154 valence electrons. The average Bonchev–Trinajstić information content (AvgIpc) is 3.12. The van der Waals surface area contributed by atoms with Crippen molar-refractivity contribution < 1.29 is 38.7 Å². The Morgan fingerprint density at radius 2 is 2.14 bits per heavy atom. The van der Waals surface area contributed by atoms with Crippen molar-refractivity contribution in [3.8, 4) is 0 Å². The van der Waals surface area contributed by atoms with Gasteiger partial charge in [-0.15, -0.1) is 0 Å².